The highest BCUT2D eigenvalue weighted by molar-refractivity contribution is 6.44. The molecule has 0 aromatic heterocycles. The molecule has 1 N–H and O–H groups in total. The van der Waals surface area contributed by atoms with E-state index in [-0.39, 0.29) is 23.4 Å². The van der Waals surface area contributed by atoms with Gasteiger partial charge < -0.3 is 10.2 Å². The molecule has 0 aliphatic carbocycles. The lowest BCUT2D eigenvalue weighted by Gasteiger charge is -2.21. The maximum Gasteiger partial charge on any atom is 0.244 e. The van der Waals surface area contributed by atoms with Gasteiger partial charge in [-0.2, -0.15) is 0 Å². The van der Waals surface area contributed by atoms with Crippen molar-refractivity contribution < 1.29 is 9.59 Å². The Balaban J connectivity index is 2.03. The van der Waals surface area contributed by atoms with E-state index in [1.54, 1.807) is 18.2 Å². The van der Waals surface area contributed by atoms with Gasteiger partial charge in [-0.3, -0.25) is 9.59 Å². The molecule has 0 radical (unpaired) electrons. The first-order chi connectivity index (χ1) is 11.0. The summed E-state index contributed by atoms with van der Waals surface area (Å²) in [6.45, 7) is 1.74. The van der Waals surface area contributed by atoms with Gasteiger partial charge in [0.1, 0.15) is 6.54 Å². The van der Waals surface area contributed by atoms with Crippen molar-refractivity contribution in [3.8, 4) is 0 Å². The molecule has 23 heavy (non-hydrogen) atoms. The standard InChI is InChI=1S/C17H16Cl2N2O2/c1-12(22)21(10-13-6-3-2-4-7-13)11-16(23)20-15-9-5-8-14(18)17(15)19/h2-9H,10-11H2,1H3,(H,20,23). The van der Waals surface area contributed by atoms with Crippen LogP contribution >= 0.6 is 23.2 Å². The van der Waals surface area contributed by atoms with E-state index in [0.717, 1.165) is 5.56 Å². The third-order valence-corrected chi connectivity index (χ3v) is 4.04. The number of halogens is 2. The van der Waals surface area contributed by atoms with Gasteiger partial charge in [0, 0.05) is 13.5 Å². The minimum atomic E-state index is -0.333. The van der Waals surface area contributed by atoms with Gasteiger partial charge in [-0.25, -0.2) is 0 Å². The van der Waals surface area contributed by atoms with Gasteiger partial charge in [0.2, 0.25) is 11.8 Å². The number of hydrogen-bond donors (Lipinski definition) is 1. The Bertz CT molecular complexity index is 705. The molecule has 2 amide bonds. The summed E-state index contributed by atoms with van der Waals surface area (Å²) in [5.74, 6) is -0.513. The quantitative estimate of drug-likeness (QED) is 0.886. The highest BCUT2D eigenvalue weighted by Crippen LogP contribution is 2.29. The summed E-state index contributed by atoms with van der Waals surface area (Å²) in [6, 6.07) is 14.5. The molecule has 0 aliphatic rings. The zero-order valence-electron chi connectivity index (χ0n) is 12.6. The molecular weight excluding hydrogens is 335 g/mol. The highest BCUT2D eigenvalue weighted by Gasteiger charge is 2.15. The van der Waals surface area contributed by atoms with Crippen molar-refractivity contribution in [1.82, 2.24) is 4.90 Å². The average Bonchev–Trinajstić information content (AvgIpc) is 2.52. The predicted octanol–water partition coefficient (Wildman–Crippen LogP) is 3.98. The van der Waals surface area contributed by atoms with Crippen molar-refractivity contribution in [3.05, 3.63) is 64.1 Å². The van der Waals surface area contributed by atoms with Crippen LogP contribution in [0.25, 0.3) is 0 Å². The van der Waals surface area contributed by atoms with Crippen LogP contribution in [0.4, 0.5) is 5.69 Å². The monoisotopic (exact) mass is 350 g/mol. The van der Waals surface area contributed by atoms with Crippen molar-refractivity contribution in [1.29, 1.82) is 0 Å². The maximum absolute atomic E-state index is 12.2. The number of nitrogens with zero attached hydrogens (tertiary/aromatic N) is 1. The Hall–Kier alpha value is -2.04. The first kappa shape index (κ1) is 17.3. The van der Waals surface area contributed by atoms with E-state index in [9.17, 15) is 9.59 Å². The third kappa shape index (κ3) is 4.98. The Labute approximate surface area is 145 Å². The second-order valence-electron chi connectivity index (χ2n) is 5.01. The van der Waals surface area contributed by atoms with Crippen molar-refractivity contribution >= 4 is 40.7 Å². The van der Waals surface area contributed by atoms with E-state index in [4.69, 9.17) is 23.2 Å². The molecule has 4 nitrogen and oxygen atoms in total. The Morgan fingerprint density at radius 3 is 2.39 bits per heavy atom. The fraction of sp³-hybridized carbons (Fsp3) is 0.176. The normalized spacial score (nSPS) is 10.2. The van der Waals surface area contributed by atoms with Gasteiger partial charge in [-0.1, -0.05) is 59.6 Å². The zero-order valence-corrected chi connectivity index (χ0v) is 14.1. The Morgan fingerprint density at radius 2 is 1.74 bits per heavy atom. The van der Waals surface area contributed by atoms with Crippen molar-refractivity contribution in [2.75, 3.05) is 11.9 Å². The zero-order chi connectivity index (χ0) is 16.8. The maximum atomic E-state index is 12.2. The summed E-state index contributed by atoms with van der Waals surface area (Å²) >= 11 is 12.0. The molecule has 6 heteroatoms. The average molecular weight is 351 g/mol. The molecular formula is C17H16Cl2N2O2. The summed E-state index contributed by atoms with van der Waals surface area (Å²) in [6.07, 6.45) is 0. The molecule has 0 saturated carbocycles. The number of benzene rings is 2. The minimum Gasteiger partial charge on any atom is -0.329 e. The fourth-order valence-electron chi connectivity index (χ4n) is 2.05. The SMILES string of the molecule is CC(=O)N(CC(=O)Nc1cccc(Cl)c1Cl)Cc1ccccc1. The number of anilines is 1. The Kier molecular flexibility index (Phi) is 6.02. The lowest BCUT2D eigenvalue weighted by molar-refractivity contribution is -0.133. The summed E-state index contributed by atoms with van der Waals surface area (Å²) in [5.41, 5.74) is 1.38. The molecule has 0 unspecified atom stereocenters. The van der Waals surface area contributed by atoms with E-state index < -0.39 is 0 Å². The molecule has 0 bridgehead atoms. The highest BCUT2D eigenvalue weighted by atomic mass is 35.5. The van der Waals surface area contributed by atoms with Crippen molar-refractivity contribution in [2.24, 2.45) is 0 Å². The lowest BCUT2D eigenvalue weighted by atomic mass is 10.2. The molecule has 0 aliphatic heterocycles. The molecule has 0 spiro atoms. The van der Waals surface area contributed by atoms with Crippen LogP contribution < -0.4 is 5.32 Å². The predicted molar refractivity (Wildman–Crippen MR) is 92.6 cm³/mol. The molecule has 2 aromatic rings. The first-order valence-electron chi connectivity index (χ1n) is 7.00. The van der Waals surface area contributed by atoms with Crippen LogP contribution in [0, 0.1) is 0 Å². The molecule has 0 saturated heterocycles. The van der Waals surface area contributed by atoms with Gasteiger partial charge in [0.05, 0.1) is 15.7 Å². The summed E-state index contributed by atoms with van der Waals surface area (Å²) in [4.78, 5) is 25.4. The van der Waals surface area contributed by atoms with E-state index in [0.29, 0.717) is 17.3 Å². The van der Waals surface area contributed by atoms with Crippen LogP contribution in [-0.2, 0) is 16.1 Å². The number of rotatable bonds is 5. The van der Waals surface area contributed by atoms with E-state index in [2.05, 4.69) is 5.32 Å². The molecule has 0 atom stereocenters. The first-order valence-corrected chi connectivity index (χ1v) is 7.76. The largest absolute Gasteiger partial charge is 0.329 e. The van der Waals surface area contributed by atoms with Crippen LogP contribution in [0.15, 0.2) is 48.5 Å². The smallest absolute Gasteiger partial charge is 0.244 e. The molecule has 0 fully saturated rings. The summed E-state index contributed by atoms with van der Waals surface area (Å²) in [5, 5.41) is 3.31. The van der Waals surface area contributed by atoms with Gasteiger partial charge >= 0.3 is 0 Å². The molecule has 2 rings (SSSR count). The van der Waals surface area contributed by atoms with Gasteiger partial charge in [-0.15, -0.1) is 0 Å². The molecule has 0 heterocycles. The topological polar surface area (TPSA) is 49.4 Å². The molecule has 2 aromatic carbocycles. The number of amides is 2. The van der Waals surface area contributed by atoms with Gasteiger partial charge in [-0.05, 0) is 17.7 Å². The lowest BCUT2D eigenvalue weighted by Crippen LogP contribution is -2.36. The fourth-order valence-corrected chi connectivity index (χ4v) is 2.39. The van der Waals surface area contributed by atoms with Crippen molar-refractivity contribution in [3.63, 3.8) is 0 Å². The summed E-state index contributed by atoms with van der Waals surface area (Å²) < 4.78 is 0. The van der Waals surface area contributed by atoms with Crippen LogP contribution in [0.5, 0.6) is 0 Å². The summed E-state index contributed by atoms with van der Waals surface area (Å²) in [7, 11) is 0. The molecule has 120 valence electrons. The number of hydrogen-bond acceptors (Lipinski definition) is 2. The van der Waals surface area contributed by atoms with Gasteiger partial charge in [0.15, 0.2) is 0 Å². The van der Waals surface area contributed by atoms with Gasteiger partial charge in [0.25, 0.3) is 0 Å². The van der Waals surface area contributed by atoms with Crippen LogP contribution in [0.1, 0.15) is 12.5 Å². The second kappa shape index (κ2) is 7.99. The van der Waals surface area contributed by atoms with Crippen molar-refractivity contribution in [2.45, 2.75) is 13.5 Å². The van der Waals surface area contributed by atoms with E-state index in [1.165, 1.54) is 11.8 Å². The van der Waals surface area contributed by atoms with E-state index >= 15 is 0 Å². The Morgan fingerprint density at radius 1 is 1.04 bits per heavy atom. The number of carbonyl (C=O) groups excluding carboxylic acids is 2. The number of carbonyl (C=O) groups is 2. The van der Waals surface area contributed by atoms with Crippen LogP contribution in [0.3, 0.4) is 0 Å². The minimum absolute atomic E-state index is 0.0624. The van der Waals surface area contributed by atoms with Crippen LogP contribution in [0.2, 0.25) is 10.0 Å². The number of nitrogens with one attached hydrogen (secondary N) is 1. The second-order valence-corrected chi connectivity index (χ2v) is 5.80. The van der Waals surface area contributed by atoms with Crippen LogP contribution in [-0.4, -0.2) is 23.3 Å². The van der Waals surface area contributed by atoms with E-state index in [1.807, 2.05) is 30.3 Å². The third-order valence-electron chi connectivity index (χ3n) is 3.22.